The molecule has 0 aliphatic heterocycles. The molecule has 0 radical (unpaired) electrons. The second-order valence-electron chi connectivity index (χ2n) is 3.07. The number of hydrogen-bond acceptors (Lipinski definition) is 4. The van der Waals surface area contributed by atoms with Crippen molar-refractivity contribution >= 4 is 29.9 Å². The van der Waals surface area contributed by atoms with Gasteiger partial charge in [-0.05, 0) is 11.6 Å². The molecule has 0 aromatic heterocycles. The fourth-order valence-corrected chi connectivity index (χ4v) is 1.29. The number of nitro groups is 1. The lowest BCUT2D eigenvalue weighted by molar-refractivity contribution is -0.384. The van der Waals surface area contributed by atoms with Crippen molar-refractivity contribution in [2.24, 2.45) is 0 Å². The molecule has 0 heterocycles. The van der Waals surface area contributed by atoms with E-state index < -0.39 is 4.92 Å². The highest BCUT2D eigenvalue weighted by Gasteiger charge is 2.12. The minimum atomic E-state index is -0.543. The van der Waals surface area contributed by atoms with Gasteiger partial charge in [-0.25, -0.2) is 0 Å². The number of ether oxygens (including phenoxy) is 1. The Balaban J connectivity index is 2.74. The van der Waals surface area contributed by atoms with Gasteiger partial charge in [-0.2, -0.15) is 12.6 Å². The Hall–Kier alpha value is -1.20. The Labute approximate surface area is 103 Å². The van der Waals surface area contributed by atoms with E-state index in [9.17, 15) is 10.1 Å². The number of halogens is 1. The minimum absolute atomic E-state index is 0.0546. The van der Waals surface area contributed by atoms with Crippen LogP contribution in [0.1, 0.15) is 0 Å². The zero-order valence-corrected chi connectivity index (χ0v) is 10.0. The first-order valence-electron chi connectivity index (χ1n) is 4.39. The van der Waals surface area contributed by atoms with E-state index in [0.717, 1.165) is 5.57 Å². The summed E-state index contributed by atoms with van der Waals surface area (Å²) in [5.74, 6) is 0.999. The second-order valence-corrected chi connectivity index (χ2v) is 3.79. The van der Waals surface area contributed by atoms with Crippen LogP contribution in [0.5, 0.6) is 5.75 Å². The number of nitrogens with zero attached hydrogens (tertiary/aromatic N) is 1. The highest BCUT2D eigenvalue weighted by atomic mass is 35.5. The first kappa shape index (κ1) is 12.9. The second kappa shape index (κ2) is 5.77. The number of hydrogen-bond donors (Lipinski definition) is 1. The van der Waals surface area contributed by atoms with Crippen LogP contribution in [0.2, 0.25) is 5.02 Å². The molecule has 1 aromatic carbocycles. The number of rotatable bonds is 5. The van der Waals surface area contributed by atoms with Gasteiger partial charge in [0.25, 0.3) is 5.69 Å². The van der Waals surface area contributed by atoms with Gasteiger partial charge in [0, 0.05) is 17.9 Å². The van der Waals surface area contributed by atoms with Crippen LogP contribution < -0.4 is 4.74 Å². The lowest BCUT2D eigenvalue weighted by atomic mass is 10.3. The van der Waals surface area contributed by atoms with Crippen molar-refractivity contribution in [1.29, 1.82) is 0 Å². The highest BCUT2D eigenvalue weighted by molar-refractivity contribution is 7.80. The molecule has 0 fully saturated rings. The molecule has 6 heteroatoms. The monoisotopic (exact) mass is 259 g/mol. The maximum Gasteiger partial charge on any atom is 0.288 e. The van der Waals surface area contributed by atoms with Crippen molar-refractivity contribution in [3.63, 3.8) is 0 Å². The van der Waals surface area contributed by atoms with Crippen molar-refractivity contribution in [2.75, 3.05) is 12.4 Å². The van der Waals surface area contributed by atoms with Crippen LogP contribution in [0, 0.1) is 10.1 Å². The predicted molar refractivity (Wildman–Crippen MR) is 66.6 cm³/mol. The van der Waals surface area contributed by atoms with Crippen LogP contribution in [-0.2, 0) is 0 Å². The summed E-state index contributed by atoms with van der Waals surface area (Å²) >= 11 is 9.74. The maximum atomic E-state index is 10.5. The van der Waals surface area contributed by atoms with Gasteiger partial charge in [-0.1, -0.05) is 18.2 Å². The summed E-state index contributed by atoms with van der Waals surface area (Å²) in [6.45, 7) is 4.03. The van der Waals surface area contributed by atoms with E-state index in [-0.39, 0.29) is 10.7 Å². The van der Waals surface area contributed by atoms with E-state index in [1.165, 1.54) is 18.2 Å². The number of benzene rings is 1. The van der Waals surface area contributed by atoms with Crippen LogP contribution in [0.4, 0.5) is 5.69 Å². The molecule has 0 aliphatic rings. The summed E-state index contributed by atoms with van der Waals surface area (Å²) in [5, 5.41) is 10.6. The summed E-state index contributed by atoms with van der Waals surface area (Å²) < 4.78 is 5.32. The van der Waals surface area contributed by atoms with Gasteiger partial charge in [-0.15, -0.1) is 0 Å². The van der Waals surface area contributed by atoms with Crippen molar-refractivity contribution in [3.05, 3.63) is 45.5 Å². The van der Waals surface area contributed by atoms with E-state index in [0.29, 0.717) is 18.1 Å². The first-order chi connectivity index (χ1) is 7.54. The van der Waals surface area contributed by atoms with Gasteiger partial charge in [0.15, 0.2) is 0 Å². The Bertz CT molecular complexity index is 423. The van der Waals surface area contributed by atoms with Gasteiger partial charge in [0.1, 0.15) is 17.4 Å². The lowest BCUT2D eigenvalue weighted by Gasteiger charge is -2.06. The third-order valence-corrected chi connectivity index (χ3v) is 2.53. The Morgan fingerprint density at radius 1 is 1.62 bits per heavy atom. The summed E-state index contributed by atoms with van der Waals surface area (Å²) in [6, 6.07) is 4.21. The van der Waals surface area contributed by atoms with Gasteiger partial charge in [0.05, 0.1) is 4.92 Å². The quantitative estimate of drug-likeness (QED) is 0.383. The summed E-state index contributed by atoms with van der Waals surface area (Å²) in [7, 11) is 0. The molecule has 0 aliphatic carbocycles. The van der Waals surface area contributed by atoms with Gasteiger partial charge in [-0.3, -0.25) is 10.1 Å². The van der Waals surface area contributed by atoms with Crippen molar-refractivity contribution in [1.82, 2.24) is 0 Å². The molecule has 1 rings (SSSR count). The molecule has 0 unspecified atom stereocenters. The molecular formula is C10H10ClNO3S. The molecule has 0 bridgehead atoms. The van der Waals surface area contributed by atoms with Crippen LogP contribution in [0.15, 0.2) is 30.4 Å². The molecule has 1 aromatic rings. The summed E-state index contributed by atoms with van der Waals surface area (Å²) in [5.41, 5.74) is 0.680. The molecule has 0 spiro atoms. The molecule has 4 nitrogen and oxygen atoms in total. The minimum Gasteiger partial charge on any atom is -0.489 e. The van der Waals surface area contributed by atoms with Crippen molar-refractivity contribution < 1.29 is 9.66 Å². The van der Waals surface area contributed by atoms with Gasteiger partial charge in [0.2, 0.25) is 0 Å². The van der Waals surface area contributed by atoms with Crippen molar-refractivity contribution in [2.45, 2.75) is 0 Å². The third kappa shape index (κ3) is 3.43. The largest absolute Gasteiger partial charge is 0.489 e. The topological polar surface area (TPSA) is 52.4 Å². The summed E-state index contributed by atoms with van der Waals surface area (Å²) in [4.78, 5) is 9.96. The Morgan fingerprint density at radius 2 is 2.31 bits per heavy atom. The molecule has 86 valence electrons. The molecule has 0 amide bonds. The molecule has 0 saturated heterocycles. The van der Waals surface area contributed by atoms with Gasteiger partial charge < -0.3 is 4.74 Å². The highest BCUT2D eigenvalue weighted by Crippen LogP contribution is 2.28. The number of nitro benzene ring substituents is 1. The third-order valence-electron chi connectivity index (χ3n) is 1.78. The average molecular weight is 260 g/mol. The number of thiol groups is 1. The normalized spacial score (nSPS) is 9.88. The smallest absolute Gasteiger partial charge is 0.288 e. The van der Waals surface area contributed by atoms with Crippen molar-refractivity contribution in [3.8, 4) is 5.75 Å². The van der Waals surface area contributed by atoms with Gasteiger partial charge >= 0.3 is 0 Å². The van der Waals surface area contributed by atoms with Crippen LogP contribution in [0.3, 0.4) is 0 Å². The fraction of sp³-hybridized carbons (Fsp3) is 0.200. The average Bonchev–Trinajstić information content (AvgIpc) is 2.25. The first-order valence-corrected chi connectivity index (χ1v) is 5.40. The predicted octanol–water partition coefficient (Wildman–Crippen LogP) is 3.11. The SMILES string of the molecule is C=C(CS)COc1ccc([N+](=O)[O-])c(Cl)c1. The molecular weight excluding hydrogens is 250 g/mol. The van der Waals surface area contributed by atoms with E-state index in [4.69, 9.17) is 16.3 Å². The van der Waals surface area contributed by atoms with E-state index in [2.05, 4.69) is 19.2 Å². The fourth-order valence-electron chi connectivity index (χ4n) is 0.957. The van der Waals surface area contributed by atoms with Crippen LogP contribution in [-0.4, -0.2) is 17.3 Å². The molecule has 0 atom stereocenters. The maximum absolute atomic E-state index is 10.5. The van der Waals surface area contributed by atoms with E-state index in [1.54, 1.807) is 0 Å². The lowest BCUT2D eigenvalue weighted by Crippen LogP contribution is -2.01. The zero-order valence-electron chi connectivity index (χ0n) is 8.35. The van der Waals surface area contributed by atoms with Crippen LogP contribution in [0.25, 0.3) is 0 Å². The molecule has 0 saturated carbocycles. The molecule has 0 N–H and O–H groups in total. The van der Waals surface area contributed by atoms with Crippen LogP contribution >= 0.6 is 24.2 Å². The molecule has 16 heavy (non-hydrogen) atoms. The Morgan fingerprint density at radius 3 is 2.81 bits per heavy atom. The van der Waals surface area contributed by atoms with E-state index in [1.807, 2.05) is 0 Å². The Kier molecular flexibility index (Phi) is 4.64. The standard InChI is InChI=1S/C10H10ClNO3S/c1-7(6-16)5-15-8-2-3-10(12(13)14)9(11)4-8/h2-4,16H,1,5-6H2. The van der Waals surface area contributed by atoms with E-state index >= 15 is 0 Å². The zero-order chi connectivity index (χ0) is 12.1. The summed E-state index contributed by atoms with van der Waals surface area (Å²) in [6.07, 6.45) is 0.